The van der Waals surface area contributed by atoms with E-state index >= 15 is 0 Å². The largest absolute Gasteiger partial charge is 0.488 e. The molecule has 1 aliphatic carbocycles. The van der Waals surface area contributed by atoms with Crippen LogP contribution in [0.25, 0.3) is 11.0 Å². The predicted molar refractivity (Wildman–Crippen MR) is 124 cm³/mol. The van der Waals surface area contributed by atoms with Crippen molar-refractivity contribution < 1.29 is 9.47 Å². The molecule has 1 saturated carbocycles. The van der Waals surface area contributed by atoms with Crippen LogP contribution in [-0.4, -0.2) is 52.3 Å². The number of fused-ring (bicyclic) bond motifs is 1. The van der Waals surface area contributed by atoms with Crippen molar-refractivity contribution in [3.63, 3.8) is 0 Å². The first kappa shape index (κ1) is 21.1. The van der Waals surface area contributed by atoms with Crippen LogP contribution >= 0.6 is 0 Å². The van der Waals surface area contributed by atoms with E-state index in [0.29, 0.717) is 5.92 Å². The topological polar surface area (TPSA) is 73.3 Å². The fourth-order valence-corrected chi connectivity index (χ4v) is 4.85. The van der Waals surface area contributed by atoms with E-state index in [4.69, 9.17) is 9.47 Å². The van der Waals surface area contributed by atoms with E-state index in [2.05, 4.69) is 43.9 Å². The number of hydrogen-bond donors (Lipinski definition) is 0. The minimum absolute atomic E-state index is 0.210. The summed E-state index contributed by atoms with van der Waals surface area (Å²) < 4.78 is 12.1. The standard InChI is InChI=1S/C25H31N5O2/c1-17-16-28-22(18(2)29-17)13-19-3-5-21(6-4-19)32-24-15-20(30-9-11-31-12-10-30)14-23-25(24)27-8-7-26-23/h7-8,14-16,19,21H,3-6,9-13H2,1-2H3. The Hall–Kier alpha value is -2.80. The van der Waals surface area contributed by atoms with Crippen molar-refractivity contribution in [1.29, 1.82) is 0 Å². The molecule has 1 saturated heterocycles. The number of anilines is 1. The lowest BCUT2D eigenvalue weighted by Gasteiger charge is -2.31. The van der Waals surface area contributed by atoms with Gasteiger partial charge >= 0.3 is 0 Å². The maximum Gasteiger partial charge on any atom is 0.149 e. The van der Waals surface area contributed by atoms with Gasteiger partial charge in [0.05, 0.1) is 41.9 Å². The monoisotopic (exact) mass is 433 g/mol. The summed E-state index contributed by atoms with van der Waals surface area (Å²) in [6, 6.07) is 4.25. The molecule has 0 N–H and O–H groups in total. The van der Waals surface area contributed by atoms with Crippen molar-refractivity contribution in [2.45, 2.75) is 52.1 Å². The van der Waals surface area contributed by atoms with Gasteiger partial charge in [0.25, 0.3) is 0 Å². The molecule has 5 rings (SSSR count). The third kappa shape index (κ3) is 4.67. The van der Waals surface area contributed by atoms with E-state index in [9.17, 15) is 0 Å². The summed E-state index contributed by atoms with van der Waals surface area (Å²) in [7, 11) is 0. The molecule has 0 spiro atoms. The van der Waals surface area contributed by atoms with Gasteiger partial charge in [-0.1, -0.05) is 0 Å². The van der Waals surface area contributed by atoms with Gasteiger partial charge in [-0.15, -0.1) is 0 Å². The maximum atomic E-state index is 6.55. The maximum absolute atomic E-state index is 6.55. The number of rotatable bonds is 5. The highest BCUT2D eigenvalue weighted by Crippen LogP contribution is 2.34. The van der Waals surface area contributed by atoms with E-state index in [1.807, 2.05) is 13.1 Å². The number of benzene rings is 1. The highest BCUT2D eigenvalue weighted by Gasteiger charge is 2.25. The van der Waals surface area contributed by atoms with Gasteiger partial charge in [0.1, 0.15) is 11.3 Å². The molecule has 32 heavy (non-hydrogen) atoms. The van der Waals surface area contributed by atoms with Crippen LogP contribution in [0.1, 0.15) is 42.8 Å². The molecule has 0 bridgehead atoms. The van der Waals surface area contributed by atoms with Crippen molar-refractivity contribution in [2.24, 2.45) is 5.92 Å². The summed E-state index contributed by atoms with van der Waals surface area (Å²) in [5.41, 5.74) is 6.05. The van der Waals surface area contributed by atoms with Crippen molar-refractivity contribution in [1.82, 2.24) is 19.9 Å². The summed E-state index contributed by atoms with van der Waals surface area (Å²) in [4.78, 5) is 20.7. The predicted octanol–water partition coefficient (Wildman–Crippen LogP) is 4.05. The van der Waals surface area contributed by atoms with Gasteiger partial charge < -0.3 is 14.4 Å². The Kier molecular flexibility index (Phi) is 6.17. The van der Waals surface area contributed by atoms with E-state index in [-0.39, 0.29) is 6.10 Å². The Bertz CT molecular complexity index is 1080. The van der Waals surface area contributed by atoms with Gasteiger partial charge in [0.15, 0.2) is 0 Å². The number of morpholine rings is 1. The van der Waals surface area contributed by atoms with Crippen LogP contribution in [0.4, 0.5) is 5.69 Å². The van der Waals surface area contributed by atoms with Crippen molar-refractivity contribution in [3.05, 3.63) is 47.8 Å². The van der Waals surface area contributed by atoms with Crippen LogP contribution in [-0.2, 0) is 11.2 Å². The first-order valence-corrected chi connectivity index (χ1v) is 11.7. The smallest absolute Gasteiger partial charge is 0.149 e. The van der Waals surface area contributed by atoms with Gasteiger partial charge in [0, 0.05) is 43.4 Å². The average molecular weight is 434 g/mol. The zero-order valence-corrected chi connectivity index (χ0v) is 19.0. The first-order valence-electron chi connectivity index (χ1n) is 11.7. The van der Waals surface area contributed by atoms with E-state index in [1.165, 1.54) is 0 Å². The van der Waals surface area contributed by atoms with Crippen LogP contribution < -0.4 is 9.64 Å². The number of hydrogen-bond acceptors (Lipinski definition) is 7. The quantitative estimate of drug-likeness (QED) is 0.601. The van der Waals surface area contributed by atoms with E-state index in [1.54, 1.807) is 12.4 Å². The van der Waals surface area contributed by atoms with Crippen molar-refractivity contribution >= 4 is 16.7 Å². The average Bonchev–Trinajstić information content (AvgIpc) is 2.82. The van der Waals surface area contributed by atoms with Crippen LogP contribution in [0.15, 0.2) is 30.7 Å². The van der Waals surface area contributed by atoms with Gasteiger partial charge in [-0.3, -0.25) is 15.0 Å². The fourth-order valence-electron chi connectivity index (χ4n) is 4.85. The van der Waals surface area contributed by atoms with E-state index < -0.39 is 0 Å². The number of nitrogens with zero attached hydrogens (tertiary/aromatic N) is 5. The lowest BCUT2D eigenvalue weighted by atomic mass is 9.84. The highest BCUT2D eigenvalue weighted by molar-refractivity contribution is 5.85. The molecular weight excluding hydrogens is 402 g/mol. The zero-order valence-electron chi connectivity index (χ0n) is 19.0. The zero-order chi connectivity index (χ0) is 21.9. The molecule has 0 atom stereocenters. The summed E-state index contributed by atoms with van der Waals surface area (Å²) >= 11 is 0. The molecule has 1 aliphatic heterocycles. The Morgan fingerprint density at radius 3 is 2.56 bits per heavy atom. The molecule has 7 heteroatoms. The molecule has 2 fully saturated rings. The van der Waals surface area contributed by atoms with Crippen LogP contribution in [0, 0.1) is 19.8 Å². The molecule has 0 unspecified atom stereocenters. The SMILES string of the molecule is Cc1cnc(CC2CCC(Oc3cc(N4CCOCC4)cc4nccnc34)CC2)c(C)n1. The lowest BCUT2D eigenvalue weighted by Crippen LogP contribution is -2.36. The van der Waals surface area contributed by atoms with Gasteiger partial charge in [-0.05, 0) is 57.9 Å². The first-order chi connectivity index (χ1) is 15.7. The second-order valence-corrected chi connectivity index (χ2v) is 8.98. The van der Waals surface area contributed by atoms with Crippen LogP contribution in [0.2, 0.25) is 0 Å². The summed E-state index contributed by atoms with van der Waals surface area (Å²) in [5, 5.41) is 0. The molecule has 1 aromatic carbocycles. The molecule has 3 aromatic rings. The third-order valence-electron chi connectivity index (χ3n) is 6.64. The molecule has 2 aromatic heterocycles. The molecule has 168 valence electrons. The van der Waals surface area contributed by atoms with E-state index in [0.717, 1.165) is 98.0 Å². The molecule has 2 aliphatic rings. The minimum Gasteiger partial charge on any atom is -0.488 e. The van der Waals surface area contributed by atoms with Crippen LogP contribution in [0.3, 0.4) is 0 Å². The van der Waals surface area contributed by atoms with Crippen LogP contribution in [0.5, 0.6) is 5.75 Å². The summed E-state index contributed by atoms with van der Waals surface area (Å²) in [6.45, 7) is 7.34. The molecule has 7 nitrogen and oxygen atoms in total. The molecular formula is C25H31N5O2. The fraction of sp³-hybridized carbons (Fsp3) is 0.520. The number of aryl methyl sites for hydroxylation is 2. The summed E-state index contributed by atoms with van der Waals surface area (Å²) in [5.74, 6) is 1.49. The molecule has 3 heterocycles. The molecule has 0 amide bonds. The molecule has 0 radical (unpaired) electrons. The second kappa shape index (κ2) is 9.36. The lowest BCUT2D eigenvalue weighted by molar-refractivity contribution is 0.122. The van der Waals surface area contributed by atoms with Gasteiger partial charge in [0.2, 0.25) is 0 Å². The van der Waals surface area contributed by atoms with Crippen molar-refractivity contribution in [3.8, 4) is 5.75 Å². The minimum atomic E-state index is 0.210. The van der Waals surface area contributed by atoms with Gasteiger partial charge in [-0.2, -0.15) is 0 Å². The number of aromatic nitrogens is 4. The Morgan fingerprint density at radius 2 is 1.78 bits per heavy atom. The Labute approximate surface area is 189 Å². The second-order valence-electron chi connectivity index (χ2n) is 8.98. The number of ether oxygens (including phenoxy) is 2. The Balaban J connectivity index is 1.27. The normalized spacial score (nSPS) is 21.6. The van der Waals surface area contributed by atoms with Crippen molar-refractivity contribution in [2.75, 3.05) is 31.2 Å². The highest BCUT2D eigenvalue weighted by atomic mass is 16.5. The third-order valence-corrected chi connectivity index (χ3v) is 6.64. The summed E-state index contributed by atoms with van der Waals surface area (Å²) in [6.07, 6.45) is 11.0. The van der Waals surface area contributed by atoms with Gasteiger partial charge in [-0.25, -0.2) is 4.98 Å². The Morgan fingerprint density at radius 1 is 1.00 bits per heavy atom.